The number of benzene rings is 3. The van der Waals surface area contributed by atoms with Crippen LogP contribution in [0.3, 0.4) is 0 Å². The van der Waals surface area contributed by atoms with Crippen LogP contribution in [0.15, 0.2) is 85.1 Å². The minimum absolute atomic E-state index is 0.0826. The van der Waals surface area contributed by atoms with E-state index in [0.29, 0.717) is 11.3 Å². The number of carbonyl (C=O) groups is 1. The van der Waals surface area contributed by atoms with Gasteiger partial charge in [-0.3, -0.25) is 4.79 Å². The molecule has 1 amide bonds. The van der Waals surface area contributed by atoms with Crippen LogP contribution in [0, 0.1) is 11.3 Å². The number of aromatic amines is 1. The van der Waals surface area contributed by atoms with Gasteiger partial charge in [0.05, 0.1) is 24.1 Å². The number of H-pyrrole nitrogens is 1. The maximum atomic E-state index is 12.7. The molecule has 0 aliphatic rings. The number of anilines is 1. The van der Waals surface area contributed by atoms with Gasteiger partial charge < -0.3 is 15.6 Å². The predicted octanol–water partition coefficient (Wildman–Crippen LogP) is 3.76. The molecule has 2 atom stereocenters. The van der Waals surface area contributed by atoms with Gasteiger partial charge in [-0.2, -0.15) is 5.26 Å². The van der Waals surface area contributed by atoms with Gasteiger partial charge in [0.25, 0.3) is 5.91 Å². The first-order chi connectivity index (χ1) is 15.2. The minimum Gasteiger partial charge on any atom is -0.361 e. The summed E-state index contributed by atoms with van der Waals surface area (Å²) < 4.78 is 0. The van der Waals surface area contributed by atoms with E-state index in [4.69, 9.17) is 5.26 Å². The van der Waals surface area contributed by atoms with Crippen molar-refractivity contribution in [2.75, 3.05) is 11.9 Å². The second-order valence-electron chi connectivity index (χ2n) is 7.69. The van der Waals surface area contributed by atoms with E-state index in [-0.39, 0.29) is 17.9 Å². The van der Waals surface area contributed by atoms with Crippen LogP contribution in [-0.4, -0.2) is 23.5 Å². The molecule has 154 valence electrons. The molecule has 0 bridgehead atoms. The van der Waals surface area contributed by atoms with Crippen molar-refractivity contribution < 1.29 is 10.1 Å². The number of amides is 1. The number of fused-ring (bicyclic) bond motifs is 1. The smallest absolute Gasteiger partial charge is 0.282 e. The molecule has 4 rings (SSSR count). The molecular formula is C26H25N4O+. The summed E-state index contributed by atoms with van der Waals surface area (Å²) in [5, 5.41) is 15.2. The molecule has 0 aliphatic carbocycles. The Hall–Kier alpha value is -3.88. The van der Waals surface area contributed by atoms with E-state index in [1.54, 1.807) is 24.3 Å². The summed E-state index contributed by atoms with van der Waals surface area (Å²) in [5.41, 5.74) is 4.73. The first kappa shape index (κ1) is 20.4. The largest absolute Gasteiger partial charge is 0.361 e. The summed E-state index contributed by atoms with van der Waals surface area (Å²) >= 11 is 0. The molecule has 0 saturated heterocycles. The van der Waals surface area contributed by atoms with Gasteiger partial charge in [0.1, 0.15) is 0 Å². The van der Waals surface area contributed by atoms with Crippen molar-refractivity contribution in [3.63, 3.8) is 0 Å². The van der Waals surface area contributed by atoms with Crippen LogP contribution >= 0.6 is 0 Å². The van der Waals surface area contributed by atoms with Crippen molar-refractivity contribution in [1.29, 1.82) is 5.26 Å². The Morgan fingerprint density at radius 1 is 1.06 bits per heavy atom. The molecule has 0 aliphatic heterocycles. The summed E-state index contributed by atoms with van der Waals surface area (Å²) in [4.78, 5) is 16.1. The van der Waals surface area contributed by atoms with E-state index in [9.17, 15) is 4.79 Å². The zero-order chi connectivity index (χ0) is 21.6. The molecule has 1 aromatic heterocycles. The Labute approximate surface area is 181 Å². The van der Waals surface area contributed by atoms with Gasteiger partial charge in [-0.15, -0.1) is 0 Å². The lowest BCUT2D eigenvalue weighted by Gasteiger charge is -2.19. The highest BCUT2D eigenvalue weighted by Crippen LogP contribution is 2.29. The number of nitrogens with zero attached hydrogens (tertiary/aromatic N) is 1. The first-order valence-corrected chi connectivity index (χ1v) is 10.4. The van der Waals surface area contributed by atoms with Crippen LogP contribution in [0.2, 0.25) is 0 Å². The van der Waals surface area contributed by atoms with Gasteiger partial charge in [0, 0.05) is 22.8 Å². The lowest BCUT2D eigenvalue weighted by atomic mass is 9.90. The van der Waals surface area contributed by atoms with E-state index < -0.39 is 0 Å². The van der Waals surface area contributed by atoms with Gasteiger partial charge in [-0.05, 0) is 42.3 Å². The predicted molar refractivity (Wildman–Crippen MR) is 123 cm³/mol. The molecule has 5 nitrogen and oxygen atoms in total. The minimum atomic E-state index is -0.276. The molecule has 31 heavy (non-hydrogen) atoms. The lowest BCUT2D eigenvalue weighted by molar-refractivity contribution is -0.674. The SMILES string of the molecule is C[C@H]([NH2+]C[C@H](c1ccccc1)c1c[nH]c2ccccc12)C(=O)Nc1cccc(C#N)c1. The van der Waals surface area contributed by atoms with Crippen molar-refractivity contribution in [1.82, 2.24) is 4.98 Å². The number of rotatable bonds is 7. The van der Waals surface area contributed by atoms with Crippen LogP contribution in [0.1, 0.15) is 29.5 Å². The number of hydrogen-bond acceptors (Lipinski definition) is 2. The maximum absolute atomic E-state index is 12.7. The van der Waals surface area contributed by atoms with Crippen LogP contribution < -0.4 is 10.6 Å². The maximum Gasteiger partial charge on any atom is 0.282 e. The molecule has 3 aromatic carbocycles. The monoisotopic (exact) mass is 409 g/mol. The molecule has 1 heterocycles. The highest BCUT2D eigenvalue weighted by molar-refractivity contribution is 5.93. The van der Waals surface area contributed by atoms with E-state index in [1.165, 1.54) is 16.5 Å². The molecule has 4 N–H and O–H groups in total. The summed E-state index contributed by atoms with van der Waals surface area (Å²) in [6, 6.07) is 27.5. The van der Waals surface area contributed by atoms with Crippen molar-refractivity contribution in [3.8, 4) is 6.07 Å². The second kappa shape index (κ2) is 9.29. The van der Waals surface area contributed by atoms with Crippen LogP contribution in [0.25, 0.3) is 10.9 Å². The highest BCUT2D eigenvalue weighted by atomic mass is 16.2. The average Bonchev–Trinajstić information content (AvgIpc) is 3.24. The fourth-order valence-corrected chi connectivity index (χ4v) is 3.88. The Morgan fingerprint density at radius 2 is 1.84 bits per heavy atom. The number of carbonyl (C=O) groups excluding carboxylic acids is 1. The number of nitrogens with one attached hydrogen (secondary N) is 2. The number of aromatic nitrogens is 1. The Morgan fingerprint density at radius 3 is 2.65 bits per heavy atom. The number of hydrogen-bond donors (Lipinski definition) is 3. The van der Waals surface area contributed by atoms with E-state index >= 15 is 0 Å². The normalized spacial score (nSPS) is 12.8. The molecule has 5 heteroatoms. The lowest BCUT2D eigenvalue weighted by Crippen LogP contribution is -2.92. The van der Waals surface area contributed by atoms with Gasteiger partial charge in [-0.25, -0.2) is 0 Å². The first-order valence-electron chi connectivity index (χ1n) is 10.4. The third kappa shape index (κ3) is 4.66. The Kier molecular flexibility index (Phi) is 6.11. The van der Waals surface area contributed by atoms with Crippen molar-refractivity contribution >= 4 is 22.5 Å². The number of nitrogens with two attached hydrogens (primary N) is 1. The van der Waals surface area contributed by atoms with Crippen molar-refractivity contribution in [3.05, 3.63) is 102 Å². The van der Waals surface area contributed by atoms with Crippen LogP contribution in [0.5, 0.6) is 0 Å². The van der Waals surface area contributed by atoms with E-state index in [0.717, 1.165) is 12.1 Å². The molecule has 0 unspecified atom stereocenters. The molecule has 4 aromatic rings. The summed E-state index contributed by atoms with van der Waals surface area (Å²) in [7, 11) is 0. The summed E-state index contributed by atoms with van der Waals surface area (Å²) in [6.45, 7) is 2.64. The van der Waals surface area contributed by atoms with E-state index in [1.807, 2.05) is 19.1 Å². The Balaban J connectivity index is 1.51. The fraction of sp³-hybridized carbons (Fsp3) is 0.154. The number of para-hydroxylation sites is 1. The van der Waals surface area contributed by atoms with Crippen molar-refractivity contribution in [2.45, 2.75) is 18.9 Å². The third-order valence-corrected chi connectivity index (χ3v) is 5.60. The number of quaternary nitrogens is 1. The second-order valence-corrected chi connectivity index (χ2v) is 7.69. The fourth-order valence-electron chi connectivity index (χ4n) is 3.88. The highest BCUT2D eigenvalue weighted by Gasteiger charge is 2.23. The molecule has 0 spiro atoms. The standard InChI is InChI=1S/C26H24N4O/c1-18(26(31)30-21-11-7-8-19(14-21)15-27)28-16-23(20-9-3-2-4-10-20)24-17-29-25-13-6-5-12-22(24)25/h2-14,17-18,23,28-29H,16H2,1H3,(H,30,31)/p+1/t18-,23+/m0/s1. The zero-order valence-electron chi connectivity index (χ0n) is 17.4. The van der Waals surface area contributed by atoms with Gasteiger partial charge in [0.2, 0.25) is 0 Å². The topological polar surface area (TPSA) is 85.3 Å². The molecule has 0 radical (unpaired) electrons. The van der Waals surface area contributed by atoms with Gasteiger partial charge in [0.15, 0.2) is 6.04 Å². The molecule has 0 saturated carbocycles. The van der Waals surface area contributed by atoms with Gasteiger partial charge in [-0.1, -0.05) is 54.6 Å². The Bertz CT molecular complexity index is 1220. The van der Waals surface area contributed by atoms with Crippen molar-refractivity contribution in [2.24, 2.45) is 0 Å². The quantitative estimate of drug-likeness (QED) is 0.434. The number of nitriles is 1. The molecule has 0 fully saturated rings. The van der Waals surface area contributed by atoms with Crippen LogP contribution in [-0.2, 0) is 4.79 Å². The van der Waals surface area contributed by atoms with E-state index in [2.05, 4.69) is 70.3 Å². The van der Waals surface area contributed by atoms with Crippen LogP contribution in [0.4, 0.5) is 5.69 Å². The molecular weight excluding hydrogens is 384 g/mol. The average molecular weight is 410 g/mol. The third-order valence-electron chi connectivity index (χ3n) is 5.60. The zero-order valence-corrected chi connectivity index (χ0v) is 17.4. The summed E-state index contributed by atoms with van der Waals surface area (Å²) in [5.74, 6) is 0.0651. The van der Waals surface area contributed by atoms with Gasteiger partial charge >= 0.3 is 0 Å². The summed E-state index contributed by atoms with van der Waals surface area (Å²) in [6.07, 6.45) is 2.08.